The highest BCUT2D eigenvalue weighted by Crippen LogP contribution is 2.23. The van der Waals surface area contributed by atoms with E-state index in [1.54, 1.807) is 18.2 Å². The number of amides is 1. The molecule has 1 N–H and O–H groups in total. The number of aliphatic carboxylic acids is 1. The van der Waals surface area contributed by atoms with E-state index < -0.39 is 12.0 Å². The lowest BCUT2D eigenvalue weighted by Crippen LogP contribution is -2.45. The normalized spacial score (nSPS) is 19.1. The molecule has 1 atom stereocenters. The number of rotatable bonds is 4. The van der Waals surface area contributed by atoms with Gasteiger partial charge in [0.05, 0.1) is 5.75 Å². The molecule has 1 fully saturated rings. The maximum absolute atomic E-state index is 13.5. The van der Waals surface area contributed by atoms with Crippen LogP contribution in [-0.2, 0) is 9.59 Å². The molecule has 0 saturated carbocycles. The van der Waals surface area contributed by atoms with E-state index in [1.807, 2.05) is 0 Å². The molecule has 1 aliphatic rings. The quantitative estimate of drug-likeness (QED) is 0.869. The number of hydrogen-bond donors (Lipinski definition) is 1. The Morgan fingerprint density at radius 3 is 2.76 bits per heavy atom. The van der Waals surface area contributed by atoms with Gasteiger partial charge >= 0.3 is 5.97 Å². The van der Waals surface area contributed by atoms with Crippen LogP contribution in [-0.4, -0.2) is 40.2 Å². The Kier molecular flexibility index (Phi) is 5.61. The Morgan fingerprint density at radius 1 is 1.29 bits per heavy atom. The molecule has 0 radical (unpaired) electrons. The molecule has 6 heteroatoms. The summed E-state index contributed by atoms with van der Waals surface area (Å²) in [5, 5.41) is 9.25. The van der Waals surface area contributed by atoms with E-state index in [1.165, 1.54) is 11.0 Å². The van der Waals surface area contributed by atoms with Crippen LogP contribution in [0.2, 0.25) is 0 Å². The molecule has 114 valence electrons. The van der Waals surface area contributed by atoms with Crippen LogP contribution in [0.25, 0.3) is 0 Å². The van der Waals surface area contributed by atoms with Crippen molar-refractivity contribution in [3.63, 3.8) is 0 Å². The van der Waals surface area contributed by atoms with Gasteiger partial charge in [-0.1, -0.05) is 25.0 Å². The third-order valence-electron chi connectivity index (χ3n) is 3.55. The predicted octanol–water partition coefficient (Wildman–Crippen LogP) is 2.77. The summed E-state index contributed by atoms with van der Waals surface area (Å²) in [6.07, 6.45) is 3.07. The van der Waals surface area contributed by atoms with Crippen molar-refractivity contribution in [1.29, 1.82) is 0 Å². The summed E-state index contributed by atoms with van der Waals surface area (Å²) >= 11 is 1.11. The van der Waals surface area contributed by atoms with Crippen LogP contribution < -0.4 is 0 Å². The molecule has 1 aromatic carbocycles. The van der Waals surface area contributed by atoms with Crippen molar-refractivity contribution in [2.45, 2.75) is 36.6 Å². The van der Waals surface area contributed by atoms with Crippen molar-refractivity contribution in [2.75, 3.05) is 12.3 Å². The second-order valence-corrected chi connectivity index (χ2v) is 6.03. The molecule has 1 amide bonds. The number of carboxylic acid groups (broad SMARTS) is 1. The first-order chi connectivity index (χ1) is 10.1. The van der Waals surface area contributed by atoms with Crippen LogP contribution in [0.3, 0.4) is 0 Å². The van der Waals surface area contributed by atoms with Gasteiger partial charge in [0.2, 0.25) is 5.91 Å². The van der Waals surface area contributed by atoms with Gasteiger partial charge in [-0.05, 0) is 25.0 Å². The first-order valence-corrected chi connectivity index (χ1v) is 7.98. The molecule has 2 rings (SSSR count). The molecule has 1 unspecified atom stereocenters. The smallest absolute Gasteiger partial charge is 0.326 e. The zero-order chi connectivity index (χ0) is 15.2. The molecule has 1 saturated heterocycles. The lowest BCUT2D eigenvalue weighted by atomic mass is 10.1. The first kappa shape index (κ1) is 15.8. The zero-order valence-electron chi connectivity index (χ0n) is 11.6. The molecule has 0 bridgehead atoms. The minimum absolute atomic E-state index is 0.0602. The molecular weight excluding hydrogens is 293 g/mol. The van der Waals surface area contributed by atoms with Crippen LogP contribution in [0.1, 0.15) is 25.7 Å². The fourth-order valence-corrected chi connectivity index (χ4v) is 3.27. The lowest BCUT2D eigenvalue weighted by Gasteiger charge is -2.26. The molecule has 4 nitrogen and oxygen atoms in total. The van der Waals surface area contributed by atoms with Crippen LogP contribution in [0.5, 0.6) is 0 Å². The molecule has 0 aromatic heterocycles. The van der Waals surface area contributed by atoms with E-state index in [-0.39, 0.29) is 17.5 Å². The largest absolute Gasteiger partial charge is 0.480 e. The van der Waals surface area contributed by atoms with Gasteiger partial charge < -0.3 is 10.0 Å². The summed E-state index contributed by atoms with van der Waals surface area (Å²) in [6.45, 7) is 0.466. The van der Waals surface area contributed by atoms with Gasteiger partial charge in [-0.2, -0.15) is 0 Å². The number of nitrogens with zero attached hydrogens (tertiary/aromatic N) is 1. The molecule has 1 aromatic rings. The van der Waals surface area contributed by atoms with Gasteiger partial charge in [-0.25, -0.2) is 9.18 Å². The Morgan fingerprint density at radius 2 is 2.05 bits per heavy atom. The first-order valence-electron chi connectivity index (χ1n) is 6.99. The molecular formula is C15H18FNO3S. The monoisotopic (exact) mass is 311 g/mol. The third-order valence-corrected chi connectivity index (χ3v) is 4.58. The van der Waals surface area contributed by atoms with Gasteiger partial charge in [0.25, 0.3) is 0 Å². The van der Waals surface area contributed by atoms with E-state index in [2.05, 4.69) is 0 Å². The van der Waals surface area contributed by atoms with Crippen molar-refractivity contribution in [2.24, 2.45) is 0 Å². The highest BCUT2D eigenvalue weighted by molar-refractivity contribution is 8.00. The zero-order valence-corrected chi connectivity index (χ0v) is 12.4. The van der Waals surface area contributed by atoms with Crippen molar-refractivity contribution < 1.29 is 19.1 Å². The van der Waals surface area contributed by atoms with Gasteiger partial charge in [0.15, 0.2) is 0 Å². The molecule has 1 heterocycles. The molecule has 0 aliphatic carbocycles. The predicted molar refractivity (Wildman–Crippen MR) is 78.7 cm³/mol. The number of carbonyl (C=O) groups excluding carboxylic acids is 1. The average Bonchev–Trinajstić information content (AvgIpc) is 2.72. The van der Waals surface area contributed by atoms with Gasteiger partial charge in [0.1, 0.15) is 11.9 Å². The summed E-state index contributed by atoms with van der Waals surface area (Å²) in [6, 6.07) is 5.52. The fourth-order valence-electron chi connectivity index (χ4n) is 2.45. The number of benzene rings is 1. The highest BCUT2D eigenvalue weighted by atomic mass is 32.2. The average molecular weight is 311 g/mol. The molecule has 21 heavy (non-hydrogen) atoms. The van der Waals surface area contributed by atoms with E-state index in [0.29, 0.717) is 17.9 Å². The minimum atomic E-state index is -0.957. The number of thioether (sulfide) groups is 1. The summed E-state index contributed by atoms with van der Waals surface area (Å²) in [7, 11) is 0. The Balaban J connectivity index is 2.00. The lowest BCUT2D eigenvalue weighted by molar-refractivity contribution is -0.149. The molecule has 1 aliphatic heterocycles. The number of halogens is 1. The topological polar surface area (TPSA) is 57.6 Å². The number of carboxylic acids is 1. The van der Waals surface area contributed by atoms with Gasteiger partial charge in [0, 0.05) is 11.4 Å². The Hall–Kier alpha value is -1.56. The maximum Gasteiger partial charge on any atom is 0.326 e. The summed E-state index contributed by atoms with van der Waals surface area (Å²) < 4.78 is 13.5. The standard InChI is InChI=1S/C15H18FNO3S/c16-11-6-3-4-8-13(11)21-10-14(18)17-9-5-1-2-7-12(17)15(19)20/h3-4,6,8,12H,1-2,5,7,9-10H2,(H,19,20). The van der Waals surface area contributed by atoms with Crippen molar-refractivity contribution in [3.8, 4) is 0 Å². The van der Waals surface area contributed by atoms with Crippen LogP contribution >= 0.6 is 11.8 Å². The van der Waals surface area contributed by atoms with E-state index >= 15 is 0 Å². The summed E-state index contributed by atoms with van der Waals surface area (Å²) in [5.74, 6) is -1.50. The summed E-state index contributed by atoms with van der Waals surface area (Å²) in [4.78, 5) is 25.4. The second-order valence-electron chi connectivity index (χ2n) is 5.01. The highest BCUT2D eigenvalue weighted by Gasteiger charge is 2.30. The minimum Gasteiger partial charge on any atom is -0.480 e. The van der Waals surface area contributed by atoms with E-state index in [4.69, 9.17) is 0 Å². The van der Waals surface area contributed by atoms with Crippen LogP contribution in [0.15, 0.2) is 29.2 Å². The van der Waals surface area contributed by atoms with Gasteiger partial charge in [-0.15, -0.1) is 11.8 Å². The Labute approximate surface area is 127 Å². The van der Waals surface area contributed by atoms with Gasteiger partial charge in [-0.3, -0.25) is 4.79 Å². The number of hydrogen-bond acceptors (Lipinski definition) is 3. The van der Waals surface area contributed by atoms with Crippen molar-refractivity contribution in [1.82, 2.24) is 4.90 Å². The van der Waals surface area contributed by atoms with Crippen LogP contribution in [0.4, 0.5) is 4.39 Å². The maximum atomic E-state index is 13.5. The van der Waals surface area contributed by atoms with E-state index in [0.717, 1.165) is 31.0 Å². The molecule has 0 spiro atoms. The fraction of sp³-hybridized carbons (Fsp3) is 0.467. The van der Waals surface area contributed by atoms with Crippen molar-refractivity contribution >= 4 is 23.6 Å². The summed E-state index contributed by atoms with van der Waals surface area (Å²) in [5.41, 5.74) is 0. The Bertz CT molecular complexity index is 523. The number of carbonyl (C=O) groups is 2. The number of likely N-dealkylation sites (tertiary alicyclic amines) is 1. The SMILES string of the molecule is O=C(O)C1CCCCCN1C(=O)CSc1ccccc1F. The second kappa shape index (κ2) is 7.45. The third kappa shape index (κ3) is 4.20. The van der Waals surface area contributed by atoms with Crippen LogP contribution in [0, 0.1) is 5.82 Å². The van der Waals surface area contributed by atoms with Crippen molar-refractivity contribution in [3.05, 3.63) is 30.1 Å². The van der Waals surface area contributed by atoms with E-state index in [9.17, 15) is 19.1 Å².